The van der Waals surface area contributed by atoms with Crippen LogP contribution in [-0.4, -0.2) is 9.97 Å². The monoisotopic (exact) mass is 184 g/mol. The third-order valence-corrected chi connectivity index (χ3v) is 1.57. The third-order valence-electron chi connectivity index (χ3n) is 1.57. The molecule has 14 heavy (non-hydrogen) atoms. The molecule has 0 bridgehead atoms. The highest BCUT2D eigenvalue weighted by Crippen LogP contribution is 2.14. The van der Waals surface area contributed by atoms with Crippen LogP contribution in [0.3, 0.4) is 0 Å². The lowest BCUT2D eigenvalue weighted by molar-refractivity contribution is 1.18. The van der Waals surface area contributed by atoms with Crippen LogP contribution in [-0.2, 0) is 0 Å². The first-order valence-electron chi connectivity index (χ1n) is 4.17. The highest BCUT2D eigenvalue weighted by molar-refractivity contribution is 5.35. The minimum Gasteiger partial charge on any atom is -0.262 e. The van der Waals surface area contributed by atoms with E-state index in [-0.39, 0.29) is 0 Å². The lowest BCUT2D eigenvalue weighted by atomic mass is 10.4. The molecule has 68 valence electrons. The second-order valence-corrected chi connectivity index (χ2v) is 2.62. The summed E-state index contributed by atoms with van der Waals surface area (Å²) in [4.78, 5) is 7.86. The van der Waals surface area contributed by atoms with Crippen LogP contribution in [0.15, 0.2) is 59.3 Å². The zero-order valence-corrected chi connectivity index (χ0v) is 7.41. The average molecular weight is 184 g/mol. The van der Waals surface area contributed by atoms with E-state index in [4.69, 9.17) is 0 Å². The van der Waals surface area contributed by atoms with Crippen LogP contribution < -0.4 is 0 Å². The fourth-order valence-corrected chi connectivity index (χ4v) is 0.941. The standard InChI is InChI=1S/C10H8N4/c1-3-9(7-11-5-1)13-14-10-4-2-6-12-8-10/h1-8H/b14-13+. The maximum atomic E-state index is 4.00. The predicted molar refractivity (Wildman–Crippen MR) is 52.7 cm³/mol. The van der Waals surface area contributed by atoms with Crippen molar-refractivity contribution in [3.8, 4) is 0 Å². The highest BCUT2D eigenvalue weighted by atomic mass is 15.1. The molecule has 0 aromatic carbocycles. The Morgan fingerprint density at radius 1 is 0.786 bits per heavy atom. The summed E-state index contributed by atoms with van der Waals surface area (Å²) in [6.45, 7) is 0. The molecule has 0 saturated heterocycles. The van der Waals surface area contributed by atoms with Crippen molar-refractivity contribution in [3.63, 3.8) is 0 Å². The van der Waals surface area contributed by atoms with Crippen LogP contribution in [0.5, 0.6) is 0 Å². The van der Waals surface area contributed by atoms with Gasteiger partial charge in [0.05, 0.1) is 12.4 Å². The Balaban J connectivity index is 2.16. The molecule has 0 amide bonds. The molecule has 2 aromatic rings. The zero-order valence-electron chi connectivity index (χ0n) is 7.41. The quantitative estimate of drug-likeness (QED) is 0.674. The Morgan fingerprint density at radius 3 is 1.64 bits per heavy atom. The van der Waals surface area contributed by atoms with Gasteiger partial charge in [-0.05, 0) is 24.3 Å². The molecular formula is C10H8N4. The lowest BCUT2D eigenvalue weighted by Gasteiger charge is -1.90. The van der Waals surface area contributed by atoms with Crippen LogP contribution in [0.4, 0.5) is 11.4 Å². The van der Waals surface area contributed by atoms with E-state index in [1.165, 1.54) is 0 Å². The summed E-state index contributed by atoms with van der Waals surface area (Å²) in [6.07, 6.45) is 6.70. The van der Waals surface area contributed by atoms with E-state index in [0.717, 1.165) is 11.4 Å². The van der Waals surface area contributed by atoms with Gasteiger partial charge < -0.3 is 0 Å². The molecule has 0 aliphatic heterocycles. The molecule has 2 aromatic heterocycles. The van der Waals surface area contributed by atoms with E-state index < -0.39 is 0 Å². The minimum absolute atomic E-state index is 0.733. The summed E-state index contributed by atoms with van der Waals surface area (Å²) < 4.78 is 0. The number of pyridine rings is 2. The van der Waals surface area contributed by atoms with E-state index in [2.05, 4.69) is 20.2 Å². The molecule has 0 spiro atoms. The number of azo groups is 1. The summed E-state index contributed by atoms with van der Waals surface area (Å²) >= 11 is 0. The number of rotatable bonds is 2. The zero-order chi connectivity index (χ0) is 9.64. The first-order chi connectivity index (χ1) is 6.95. The molecule has 4 heteroatoms. The van der Waals surface area contributed by atoms with Crippen molar-refractivity contribution in [2.45, 2.75) is 0 Å². The second-order valence-electron chi connectivity index (χ2n) is 2.62. The Kier molecular flexibility index (Phi) is 2.56. The minimum atomic E-state index is 0.733. The van der Waals surface area contributed by atoms with Crippen LogP contribution in [0.2, 0.25) is 0 Å². The van der Waals surface area contributed by atoms with Crippen molar-refractivity contribution in [3.05, 3.63) is 49.1 Å². The number of hydrogen-bond acceptors (Lipinski definition) is 4. The van der Waals surface area contributed by atoms with Gasteiger partial charge in [0, 0.05) is 12.4 Å². The fourth-order valence-electron chi connectivity index (χ4n) is 0.941. The maximum absolute atomic E-state index is 4.00. The first-order valence-corrected chi connectivity index (χ1v) is 4.17. The smallest absolute Gasteiger partial charge is 0.104 e. The van der Waals surface area contributed by atoms with E-state index in [1.54, 1.807) is 24.8 Å². The molecule has 2 rings (SSSR count). The molecule has 0 aliphatic rings. The fraction of sp³-hybridized carbons (Fsp3) is 0. The molecule has 0 aliphatic carbocycles. The van der Waals surface area contributed by atoms with Gasteiger partial charge in [-0.1, -0.05) is 0 Å². The molecule has 0 radical (unpaired) electrons. The Morgan fingerprint density at radius 2 is 1.29 bits per heavy atom. The van der Waals surface area contributed by atoms with Crippen molar-refractivity contribution in [2.24, 2.45) is 10.2 Å². The van der Waals surface area contributed by atoms with Crippen molar-refractivity contribution < 1.29 is 0 Å². The van der Waals surface area contributed by atoms with E-state index in [9.17, 15) is 0 Å². The molecule has 0 saturated carbocycles. The largest absolute Gasteiger partial charge is 0.262 e. The molecule has 0 fully saturated rings. The summed E-state index contributed by atoms with van der Waals surface area (Å²) in [5.41, 5.74) is 1.47. The van der Waals surface area contributed by atoms with Gasteiger partial charge in [0.2, 0.25) is 0 Å². The van der Waals surface area contributed by atoms with Gasteiger partial charge in [-0.3, -0.25) is 9.97 Å². The van der Waals surface area contributed by atoms with Crippen molar-refractivity contribution in [1.82, 2.24) is 9.97 Å². The third kappa shape index (κ3) is 2.20. The SMILES string of the molecule is c1cncc(/N=N/c2cccnc2)c1. The topological polar surface area (TPSA) is 50.5 Å². The van der Waals surface area contributed by atoms with Gasteiger partial charge in [-0.25, -0.2) is 0 Å². The van der Waals surface area contributed by atoms with Crippen LogP contribution in [0, 0.1) is 0 Å². The number of aromatic nitrogens is 2. The van der Waals surface area contributed by atoms with E-state index >= 15 is 0 Å². The Hall–Kier alpha value is -2.10. The summed E-state index contributed by atoms with van der Waals surface area (Å²) in [5, 5.41) is 8.00. The van der Waals surface area contributed by atoms with Crippen LogP contribution >= 0.6 is 0 Å². The molecule has 0 N–H and O–H groups in total. The molecule has 0 atom stereocenters. The highest BCUT2D eigenvalue weighted by Gasteiger charge is 1.88. The van der Waals surface area contributed by atoms with E-state index in [0.29, 0.717) is 0 Å². The van der Waals surface area contributed by atoms with Crippen molar-refractivity contribution in [1.29, 1.82) is 0 Å². The first kappa shape index (κ1) is 8.50. The van der Waals surface area contributed by atoms with Gasteiger partial charge in [0.15, 0.2) is 0 Å². The summed E-state index contributed by atoms with van der Waals surface area (Å²) in [5.74, 6) is 0. The number of nitrogens with zero attached hydrogens (tertiary/aromatic N) is 4. The van der Waals surface area contributed by atoms with Crippen LogP contribution in [0.25, 0.3) is 0 Å². The number of hydrogen-bond donors (Lipinski definition) is 0. The van der Waals surface area contributed by atoms with Gasteiger partial charge in [0.25, 0.3) is 0 Å². The summed E-state index contributed by atoms with van der Waals surface area (Å²) in [7, 11) is 0. The van der Waals surface area contributed by atoms with Gasteiger partial charge in [0.1, 0.15) is 11.4 Å². The van der Waals surface area contributed by atoms with Gasteiger partial charge in [-0.15, -0.1) is 10.2 Å². The molecule has 2 heterocycles. The Bertz CT molecular complexity index is 369. The predicted octanol–water partition coefficient (Wildman–Crippen LogP) is 2.89. The normalized spacial score (nSPS) is 10.6. The second kappa shape index (κ2) is 4.23. The summed E-state index contributed by atoms with van der Waals surface area (Å²) in [6, 6.07) is 7.31. The average Bonchev–Trinajstić information content (AvgIpc) is 2.29. The van der Waals surface area contributed by atoms with Crippen LogP contribution in [0.1, 0.15) is 0 Å². The molecule has 4 nitrogen and oxygen atoms in total. The van der Waals surface area contributed by atoms with Gasteiger partial charge in [-0.2, -0.15) is 0 Å². The molecular weight excluding hydrogens is 176 g/mol. The van der Waals surface area contributed by atoms with E-state index in [1.807, 2.05) is 24.3 Å². The lowest BCUT2D eigenvalue weighted by Crippen LogP contribution is -1.68. The van der Waals surface area contributed by atoms with Crippen molar-refractivity contribution in [2.75, 3.05) is 0 Å². The van der Waals surface area contributed by atoms with Crippen molar-refractivity contribution >= 4 is 11.4 Å². The maximum Gasteiger partial charge on any atom is 0.104 e. The Labute approximate surface area is 81.4 Å². The molecule has 0 unspecified atom stereocenters. The van der Waals surface area contributed by atoms with Gasteiger partial charge >= 0.3 is 0 Å².